The van der Waals surface area contributed by atoms with Crippen molar-refractivity contribution in [1.82, 2.24) is 0 Å². The summed E-state index contributed by atoms with van der Waals surface area (Å²) in [7, 11) is 0. The van der Waals surface area contributed by atoms with Crippen molar-refractivity contribution in [2.75, 3.05) is 0 Å². The predicted octanol–water partition coefficient (Wildman–Crippen LogP) is 4.83. The first-order valence-corrected chi connectivity index (χ1v) is 7.61. The molecule has 0 radical (unpaired) electrons. The van der Waals surface area contributed by atoms with Crippen molar-refractivity contribution in [1.29, 1.82) is 5.26 Å². The second-order valence-electron chi connectivity index (χ2n) is 5.57. The highest BCUT2D eigenvalue weighted by Gasteiger charge is 2.25. The first-order chi connectivity index (χ1) is 9.76. The number of rotatable bonds is 5. The number of nitriles is 1. The maximum atomic E-state index is 13.6. The smallest absolute Gasteiger partial charge is 0.144 e. The summed E-state index contributed by atoms with van der Waals surface area (Å²) in [4.78, 5) is 0. The van der Waals surface area contributed by atoms with Gasteiger partial charge in [-0.15, -0.1) is 0 Å². The first-order valence-electron chi connectivity index (χ1n) is 7.61. The minimum atomic E-state index is -0.496. The van der Waals surface area contributed by atoms with Crippen LogP contribution in [-0.4, -0.2) is 6.10 Å². The van der Waals surface area contributed by atoms with Crippen molar-refractivity contribution in [3.8, 4) is 11.8 Å². The van der Waals surface area contributed by atoms with Crippen LogP contribution < -0.4 is 4.74 Å². The highest BCUT2D eigenvalue weighted by Crippen LogP contribution is 2.32. The van der Waals surface area contributed by atoms with E-state index in [9.17, 15) is 4.39 Å². The van der Waals surface area contributed by atoms with Crippen molar-refractivity contribution in [2.24, 2.45) is 5.92 Å². The Morgan fingerprint density at radius 2 is 2.10 bits per heavy atom. The van der Waals surface area contributed by atoms with Gasteiger partial charge in [0.05, 0.1) is 0 Å². The lowest BCUT2D eigenvalue weighted by Crippen LogP contribution is -2.29. The molecule has 0 aliphatic heterocycles. The number of ether oxygens (including phenoxy) is 1. The van der Waals surface area contributed by atoms with Crippen molar-refractivity contribution in [2.45, 2.75) is 58.0 Å². The molecule has 1 fully saturated rings. The second-order valence-corrected chi connectivity index (χ2v) is 5.57. The van der Waals surface area contributed by atoms with Crippen LogP contribution in [0.15, 0.2) is 18.2 Å². The third-order valence-corrected chi connectivity index (χ3v) is 4.11. The van der Waals surface area contributed by atoms with Crippen molar-refractivity contribution >= 4 is 0 Å². The van der Waals surface area contributed by atoms with E-state index in [4.69, 9.17) is 10.00 Å². The van der Waals surface area contributed by atoms with Gasteiger partial charge in [0, 0.05) is 0 Å². The molecule has 1 aromatic carbocycles. The van der Waals surface area contributed by atoms with Gasteiger partial charge < -0.3 is 4.74 Å². The summed E-state index contributed by atoms with van der Waals surface area (Å²) in [6, 6.07) is 6.53. The average Bonchev–Trinajstić information content (AvgIpc) is 2.48. The van der Waals surface area contributed by atoms with Crippen LogP contribution in [0.5, 0.6) is 5.75 Å². The van der Waals surface area contributed by atoms with Gasteiger partial charge in [0.1, 0.15) is 29.3 Å². The maximum Gasteiger partial charge on any atom is 0.144 e. The topological polar surface area (TPSA) is 33.0 Å². The molecule has 1 aliphatic carbocycles. The van der Waals surface area contributed by atoms with Crippen molar-refractivity contribution < 1.29 is 9.13 Å². The Balaban J connectivity index is 2.15. The Morgan fingerprint density at radius 1 is 1.35 bits per heavy atom. The van der Waals surface area contributed by atoms with E-state index in [-0.39, 0.29) is 11.7 Å². The van der Waals surface area contributed by atoms with Gasteiger partial charge in [-0.3, -0.25) is 0 Å². The van der Waals surface area contributed by atoms with Gasteiger partial charge in [-0.25, -0.2) is 4.39 Å². The molecule has 2 nitrogen and oxygen atoms in total. The summed E-state index contributed by atoms with van der Waals surface area (Å²) in [6.07, 6.45) is 8.28. The minimum Gasteiger partial charge on any atom is -0.489 e. The zero-order valence-corrected chi connectivity index (χ0v) is 12.1. The van der Waals surface area contributed by atoms with Crippen LogP contribution in [0.1, 0.15) is 57.4 Å². The lowest BCUT2D eigenvalue weighted by molar-refractivity contribution is 0.0982. The Morgan fingerprint density at radius 3 is 2.75 bits per heavy atom. The summed E-state index contributed by atoms with van der Waals surface area (Å²) < 4.78 is 19.7. The van der Waals surface area contributed by atoms with E-state index in [0.29, 0.717) is 11.7 Å². The molecule has 1 aromatic rings. The van der Waals surface area contributed by atoms with Gasteiger partial charge >= 0.3 is 0 Å². The molecule has 2 rings (SSSR count). The maximum absolute atomic E-state index is 13.6. The number of hydrogen-bond donors (Lipinski definition) is 0. The molecular formula is C17H22FNO. The molecular weight excluding hydrogens is 253 g/mol. The van der Waals surface area contributed by atoms with E-state index in [1.165, 1.54) is 38.2 Å². The Hall–Kier alpha value is -1.56. The standard InChI is InChI=1S/C17H22FNO/c1-2-7-16(13-8-4-3-5-9-13)20-17-11-6-10-15(18)14(17)12-19/h6,10-11,13,16H,2-5,7-9H2,1H3. The Kier molecular flexibility index (Phi) is 5.40. The number of hydrogen-bond acceptors (Lipinski definition) is 2. The Labute approximate surface area is 120 Å². The van der Waals surface area contributed by atoms with Gasteiger partial charge in [0.25, 0.3) is 0 Å². The molecule has 0 saturated heterocycles. The molecule has 0 spiro atoms. The van der Waals surface area contributed by atoms with E-state index >= 15 is 0 Å². The molecule has 0 amide bonds. The van der Waals surface area contributed by atoms with Gasteiger partial charge in [-0.2, -0.15) is 5.26 Å². The van der Waals surface area contributed by atoms with Gasteiger partial charge in [-0.05, 0) is 37.3 Å². The third-order valence-electron chi connectivity index (χ3n) is 4.11. The van der Waals surface area contributed by atoms with E-state index in [1.54, 1.807) is 12.1 Å². The summed E-state index contributed by atoms with van der Waals surface area (Å²) in [5, 5.41) is 9.08. The van der Waals surface area contributed by atoms with E-state index < -0.39 is 5.82 Å². The molecule has 0 heterocycles. The molecule has 1 aliphatic rings. The first kappa shape index (κ1) is 14.8. The van der Waals surface area contributed by atoms with Crippen LogP contribution >= 0.6 is 0 Å². The normalized spacial score (nSPS) is 17.4. The monoisotopic (exact) mass is 275 g/mol. The lowest BCUT2D eigenvalue weighted by atomic mass is 9.83. The molecule has 3 heteroatoms. The van der Waals surface area contributed by atoms with Gasteiger partial charge in [0.2, 0.25) is 0 Å². The zero-order valence-electron chi connectivity index (χ0n) is 12.1. The van der Waals surface area contributed by atoms with E-state index in [1.807, 2.05) is 6.07 Å². The number of benzene rings is 1. The minimum absolute atomic E-state index is 0.0319. The molecule has 0 aromatic heterocycles. The fourth-order valence-corrected chi connectivity index (χ4v) is 3.06. The average molecular weight is 275 g/mol. The molecule has 108 valence electrons. The summed E-state index contributed by atoms with van der Waals surface area (Å²) in [6.45, 7) is 2.13. The summed E-state index contributed by atoms with van der Waals surface area (Å²) in [5.41, 5.74) is 0.0319. The quantitative estimate of drug-likeness (QED) is 0.771. The zero-order chi connectivity index (χ0) is 14.4. The molecule has 20 heavy (non-hydrogen) atoms. The van der Waals surface area contributed by atoms with Crippen LogP contribution in [-0.2, 0) is 0 Å². The Bertz CT molecular complexity index is 474. The lowest BCUT2D eigenvalue weighted by Gasteiger charge is -2.30. The second kappa shape index (κ2) is 7.28. The number of halogens is 1. The van der Waals surface area contributed by atoms with Crippen LogP contribution in [0.25, 0.3) is 0 Å². The molecule has 1 unspecified atom stereocenters. The van der Waals surface area contributed by atoms with Crippen LogP contribution in [0.4, 0.5) is 4.39 Å². The van der Waals surface area contributed by atoms with Crippen molar-refractivity contribution in [3.63, 3.8) is 0 Å². The van der Waals surface area contributed by atoms with Gasteiger partial charge in [0.15, 0.2) is 0 Å². The van der Waals surface area contributed by atoms with Crippen LogP contribution in [0.2, 0.25) is 0 Å². The van der Waals surface area contributed by atoms with Crippen molar-refractivity contribution in [3.05, 3.63) is 29.6 Å². The third kappa shape index (κ3) is 3.50. The molecule has 1 atom stereocenters. The fraction of sp³-hybridized carbons (Fsp3) is 0.588. The molecule has 1 saturated carbocycles. The van der Waals surface area contributed by atoms with Gasteiger partial charge in [-0.1, -0.05) is 38.7 Å². The highest BCUT2D eigenvalue weighted by molar-refractivity contribution is 5.43. The van der Waals surface area contributed by atoms with E-state index in [0.717, 1.165) is 12.8 Å². The largest absolute Gasteiger partial charge is 0.489 e. The van der Waals surface area contributed by atoms with Crippen LogP contribution in [0.3, 0.4) is 0 Å². The summed E-state index contributed by atoms with van der Waals surface area (Å²) in [5.74, 6) is 0.443. The molecule has 0 N–H and O–H groups in total. The van der Waals surface area contributed by atoms with E-state index in [2.05, 4.69) is 6.92 Å². The number of nitrogens with zero attached hydrogens (tertiary/aromatic N) is 1. The highest BCUT2D eigenvalue weighted by atomic mass is 19.1. The predicted molar refractivity (Wildman–Crippen MR) is 77.0 cm³/mol. The fourth-order valence-electron chi connectivity index (χ4n) is 3.06. The summed E-state index contributed by atoms with van der Waals surface area (Å²) >= 11 is 0. The molecule has 0 bridgehead atoms. The SMILES string of the molecule is CCCC(Oc1cccc(F)c1C#N)C1CCCCC1. The van der Waals surface area contributed by atoms with Crippen LogP contribution in [0, 0.1) is 23.1 Å².